The summed E-state index contributed by atoms with van der Waals surface area (Å²) < 4.78 is 159. The number of rotatable bonds is 42. The first-order valence-electron chi connectivity index (χ1n) is 37.3. The number of fused-ring (bicyclic) bond motifs is 14. The number of hydrogen-bond donors (Lipinski definition) is 4. The summed E-state index contributed by atoms with van der Waals surface area (Å²) in [6, 6.07) is 32.4. The van der Waals surface area contributed by atoms with Crippen molar-refractivity contribution in [1.82, 2.24) is 13.5 Å². The highest BCUT2D eigenvalue weighted by Crippen LogP contribution is 2.46. The average molecular weight is 1620 g/mol. The molecule has 0 radical (unpaired) electrons. The van der Waals surface area contributed by atoms with Gasteiger partial charge in [0, 0.05) is 63.1 Å². The molecule has 2 aromatic heterocycles. The Labute approximate surface area is 634 Å². The van der Waals surface area contributed by atoms with E-state index in [2.05, 4.69) is 41.6 Å². The van der Waals surface area contributed by atoms with Crippen LogP contribution in [-0.4, -0.2) is 216 Å². The maximum Gasteiger partial charge on any atom is 0.582 e. The predicted molar refractivity (Wildman–Crippen MR) is 420 cm³/mol. The van der Waals surface area contributed by atoms with Gasteiger partial charge in [0.1, 0.15) is 22.6 Å². The van der Waals surface area contributed by atoms with E-state index in [9.17, 15) is 66.3 Å². The van der Waals surface area contributed by atoms with Gasteiger partial charge in [-0.2, -0.15) is 33.7 Å². The molecule has 0 aliphatic carbocycles. The van der Waals surface area contributed by atoms with Crippen LogP contribution < -0.4 is 11.0 Å². The molecular weight excluding hydrogens is 1520 g/mol. The number of amides is 2. The highest BCUT2D eigenvalue weighted by molar-refractivity contribution is 7.86. The molecule has 4 aromatic carbocycles. The number of amidine groups is 4. The molecule has 5 aliphatic heterocycles. The molecule has 108 heavy (non-hydrogen) atoms. The fraction of sp³-hybridized carbons (Fsp3) is 0.514. The van der Waals surface area contributed by atoms with Gasteiger partial charge in [-0.3, -0.25) is 36.3 Å². The number of benzene rings is 4. The van der Waals surface area contributed by atoms with Crippen LogP contribution in [0.3, 0.4) is 0 Å². The third-order valence-corrected chi connectivity index (χ3v) is 35.7. The largest absolute Gasteiger partial charge is 0.582 e. The number of aromatic nitrogens is 2. The first kappa shape index (κ1) is 82.0. The van der Waals surface area contributed by atoms with Gasteiger partial charge in [0.2, 0.25) is 0 Å². The lowest BCUT2D eigenvalue weighted by Gasteiger charge is -2.44. The summed E-state index contributed by atoms with van der Waals surface area (Å²) >= 11 is 0. The minimum atomic E-state index is -4.89. The van der Waals surface area contributed by atoms with Gasteiger partial charge in [0.25, 0.3) is 52.3 Å². The van der Waals surface area contributed by atoms with E-state index in [0.717, 1.165) is 35.1 Å². The van der Waals surface area contributed by atoms with Crippen molar-refractivity contribution < 1.29 is 88.3 Å². The van der Waals surface area contributed by atoms with Crippen LogP contribution in [-0.2, 0) is 67.9 Å². The monoisotopic (exact) mass is 1620 g/mol. The number of hydroxylamine groups is 2. The lowest BCUT2D eigenvalue weighted by Crippen LogP contribution is -2.70. The van der Waals surface area contributed by atoms with Crippen molar-refractivity contribution in [2.75, 3.05) is 75.4 Å². The Morgan fingerprint density at radius 3 is 1.11 bits per heavy atom. The van der Waals surface area contributed by atoms with E-state index in [1.165, 1.54) is 0 Å². The molecule has 4 N–H and O–H groups in total. The molecule has 0 spiro atoms. The van der Waals surface area contributed by atoms with Crippen LogP contribution in [0.4, 0.5) is 11.6 Å². The zero-order valence-corrected chi connectivity index (χ0v) is 68.2. The van der Waals surface area contributed by atoms with Crippen LogP contribution in [0.5, 0.6) is 0 Å². The lowest BCUT2D eigenvalue weighted by atomic mass is 10.1. The van der Waals surface area contributed by atoms with Gasteiger partial charge in [0.05, 0.1) is 75.4 Å². The third kappa shape index (κ3) is 20.4. The van der Waals surface area contributed by atoms with Crippen LogP contribution in [0.15, 0.2) is 127 Å². The molecule has 1 fully saturated rings. The van der Waals surface area contributed by atoms with E-state index in [-0.39, 0.29) is 44.9 Å². The maximum absolute atomic E-state index is 13.0. The standard InChI is InChI=1S/C72H97N11O18S4Si3/c1-6-7-40-82(42-19-23-48-102(87,88)89,43-20-24-49-103(90,91)92)46-27-52-106(2,3)100-108(101-107(4,5)53-28-47-83(44-21-25-50-104(93,94)95,45-22-26-51-105(96,97)98)41-18-8-9-37-64(86)99-79-62(84)38-39-63(79)85)80-69-58-33-14-15-34-59(58)71(80)77-67-56-31-12-13-32-57(56)68(74-67)78-72-61-36-17-16-35-60(61)70(81(72)108)76-66-55-30-11-10-29-54(55)65(73-66)75-69/h10-17,29-36H,6-9,18-28,37-53H2,1-5H3,(H2-2,87,88,89,90,91,92,93,94,95,96,97,98)/p+2. The summed E-state index contributed by atoms with van der Waals surface area (Å²) in [7, 11) is -28.9. The molecule has 584 valence electrons. The molecule has 1 saturated heterocycles. The van der Waals surface area contributed by atoms with Crippen LogP contribution in [0.2, 0.25) is 38.3 Å². The Hall–Kier alpha value is -7.02. The summed E-state index contributed by atoms with van der Waals surface area (Å²) in [5, 5.41) is 3.34. The van der Waals surface area contributed by atoms with Crippen molar-refractivity contribution >= 4 is 140 Å². The quantitative estimate of drug-likeness (QED) is 0.00910. The van der Waals surface area contributed by atoms with E-state index < -0.39 is 107 Å². The van der Waals surface area contributed by atoms with E-state index in [1.54, 1.807) is 0 Å². The van der Waals surface area contributed by atoms with Crippen LogP contribution >= 0.6 is 0 Å². The average Bonchev–Trinajstić information content (AvgIpc) is 1.52. The second-order valence-electron chi connectivity index (χ2n) is 30.2. The van der Waals surface area contributed by atoms with Crippen molar-refractivity contribution in [1.29, 1.82) is 0 Å². The molecule has 36 heteroatoms. The highest BCUT2D eigenvalue weighted by atomic mass is 32.2. The predicted octanol–water partition coefficient (Wildman–Crippen LogP) is 9.87. The second-order valence-corrected chi connectivity index (χ2v) is 48.2. The molecule has 7 heterocycles. The van der Waals surface area contributed by atoms with Crippen LogP contribution in [0.1, 0.15) is 145 Å². The smallest absolute Gasteiger partial charge is 0.404 e. The van der Waals surface area contributed by atoms with E-state index in [1.807, 2.05) is 97.1 Å². The molecule has 0 saturated carbocycles. The molecular formula is C72H99N11O18S4Si3+2. The third-order valence-electron chi connectivity index (χ3n) is 20.8. The van der Waals surface area contributed by atoms with Gasteiger partial charge in [-0.1, -0.05) is 110 Å². The lowest BCUT2D eigenvalue weighted by molar-refractivity contribution is -0.928. The Balaban J connectivity index is 1.07. The van der Waals surface area contributed by atoms with Gasteiger partial charge in [-0.05, 0) is 128 Å². The van der Waals surface area contributed by atoms with Crippen molar-refractivity contribution in [3.63, 3.8) is 0 Å². The SMILES string of the molecule is CCCC[N+](CCCCS(=O)(=O)O)(CCCCS(=O)(=O)O)CCC[Si](C)(C)O[Si]1(O[Si](C)(C)CCC[N+](CCCCCC(=O)ON2C(=O)CCC2=O)(CCCCS(=O)(=O)O)CCCCS(=O)(=O)O)n2c3c4ccccc4c2N=C2N=C(N=c4c5ccccc5c(n41)=NC1=NC(=N3)c3ccccc31)c1ccccc12. The molecule has 2 amide bonds. The van der Waals surface area contributed by atoms with E-state index >= 15 is 0 Å². The fourth-order valence-electron chi connectivity index (χ4n) is 15.6. The molecule has 6 aromatic rings. The van der Waals surface area contributed by atoms with Gasteiger partial charge >= 0.3 is 14.9 Å². The van der Waals surface area contributed by atoms with Crippen LogP contribution in [0, 0.1) is 0 Å². The Morgan fingerprint density at radius 2 is 0.750 bits per heavy atom. The second kappa shape index (κ2) is 33.9. The van der Waals surface area contributed by atoms with Gasteiger partial charge in [-0.15, -0.1) is 5.06 Å². The first-order valence-corrected chi connectivity index (χ1v) is 51.7. The maximum atomic E-state index is 13.0. The number of quaternary nitrogens is 2. The summed E-state index contributed by atoms with van der Waals surface area (Å²) in [4.78, 5) is 76.2. The summed E-state index contributed by atoms with van der Waals surface area (Å²) in [5.74, 6) is -1.26. The number of carbonyl (C=O) groups excluding carboxylic acids is 3. The Morgan fingerprint density at radius 1 is 0.426 bits per heavy atom. The van der Waals surface area contributed by atoms with Crippen molar-refractivity contribution in [3.05, 3.63) is 130 Å². The van der Waals surface area contributed by atoms with E-state index in [0.29, 0.717) is 204 Å². The number of aliphatic imine (C=N–C) groups is 4. The minimum Gasteiger partial charge on any atom is -0.404 e. The van der Waals surface area contributed by atoms with E-state index in [4.69, 9.17) is 43.0 Å². The summed E-state index contributed by atoms with van der Waals surface area (Å²) in [5.41, 5.74) is 3.84. The Kier molecular flexibility index (Phi) is 25.7. The fourth-order valence-corrected chi connectivity index (χ4v) is 30.4. The van der Waals surface area contributed by atoms with Gasteiger partial charge in [0.15, 0.2) is 40.0 Å². The number of carbonyl (C=O) groups is 3. The Bertz CT molecular complexity index is 4900. The number of imide groups is 1. The topological polar surface area (TPSA) is 384 Å². The van der Waals surface area contributed by atoms with Crippen molar-refractivity contribution in [3.8, 4) is 0 Å². The normalized spacial score (nSPS) is 16.8. The van der Waals surface area contributed by atoms with Gasteiger partial charge < -0.3 is 22.0 Å². The summed E-state index contributed by atoms with van der Waals surface area (Å²) in [6.07, 6.45) is 6.20. The van der Waals surface area contributed by atoms with Crippen molar-refractivity contribution in [2.45, 2.75) is 161 Å². The zero-order chi connectivity index (χ0) is 77.5. The number of unbranched alkanes of at least 4 members (excludes halogenated alkanes) is 7. The van der Waals surface area contributed by atoms with Crippen LogP contribution in [0.25, 0.3) is 21.5 Å². The number of nitrogens with zero attached hydrogens (tertiary/aromatic N) is 11. The molecule has 6 bridgehead atoms. The molecule has 29 nitrogen and oxygen atoms in total. The molecule has 5 aliphatic rings. The summed E-state index contributed by atoms with van der Waals surface area (Å²) in [6.45, 7) is 14.9. The highest BCUT2D eigenvalue weighted by Gasteiger charge is 2.58. The first-order chi connectivity index (χ1) is 51.1. The molecule has 1 unspecified atom stereocenters. The number of hydrogen-bond acceptors (Lipinski definition) is 20. The van der Waals surface area contributed by atoms with Gasteiger partial charge in [-0.25, -0.2) is 34.7 Å². The zero-order valence-electron chi connectivity index (χ0n) is 61.9. The van der Waals surface area contributed by atoms with Crippen molar-refractivity contribution in [2.24, 2.45) is 30.0 Å². The minimum absolute atomic E-state index is 0.0522. The molecule has 1 atom stereocenters. The molecule has 11 rings (SSSR count).